The Kier molecular flexibility index (Phi) is 5.78. The van der Waals surface area contributed by atoms with Crippen LogP contribution in [0, 0.1) is 0 Å². The van der Waals surface area contributed by atoms with Gasteiger partial charge < -0.3 is 4.90 Å². The molecule has 1 aliphatic rings. The zero-order valence-corrected chi connectivity index (χ0v) is 15.8. The number of carbonyl (C=O) groups excluding carboxylic acids is 1. The monoisotopic (exact) mass is 393 g/mol. The van der Waals surface area contributed by atoms with Crippen LogP contribution in [0.4, 0.5) is 5.69 Å². The highest BCUT2D eigenvalue weighted by atomic mass is 35.5. The molecule has 6 nitrogen and oxygen atoms in total. The minimum atomic E-state index is -3.71. The molecule has 1 N–H and O–H groups in total. The van der Waals surface area contributed by atoms with Gasteiger partial charge in [0.1, 0.15) is 10.0 Å². The number of sulfonamides is 1. The average Bonchev–Trinajstić information content (AvgIpc) is 3.16. The van der Waals surface area contributed by atoms with E-state index in [1.807, 2.05) is 17.0 Å². The summed E-state index contributed by atoms with van der Waals surface area (Å²) in [5.41, 5.74) is 1.45. The fourth-order valence-electron chi connectivity index (χ4n) is 2.85. The van der Waals surface area contributed by atoms with Gasteiger partial charge in [0.25, 0.3) is 10.0 Å². The van der Waals surface area contributed by atoms with E-state index >= 15 is 0 Å². The Bertz CT molecular complexity index is 862. The molecule has 0 radical (unpaired) electrons. The molecule has 0 saturated carbocycles. The Labute approximate surface area is 158 Å². The third kappa shape index (κ3) is 4.74. The van der Waals surface area contributed by atoms with Crippen molar-refractivity contribution in [1.82, 2.24) is 9.88 Å². The van der Waals surface area contributed by atoms with E-state index in [9.17, 15) is 13.2 Å². The quantitative estimate of drug-likeness (QED) is 0.765. The molecule has 1 aromatic heterocycles. The van der Waals surface area contributed by atoms with E-state index in [-0.39, 0.29) is 16.0 Å². The molecular weight excluding hydrogens is 374 g/mol. The van der Waals surface area contributed by atoms with Gasteiger partial charge in [-0.25, -0.2) is 13.4 Å². The van der Waals surface area contributed by atoms with E-state index < -0.39 is 10.0 Å². The highest BCUT2D eigenvalue weighted by Crippen LogP contribution is 2.18. The van der Waals surface area contributed by atoms with Gasteiger partial charge in [-0.15, -0.1) is 0 Å². The molecule has 0 aliphatic carbocycles. The van der Waals surface area contributed by atoms with Gasteiger partial charge >= 0.3 is 0 Å². The van der Waals surface area contributed by atoms with E-state index in [0.717, 1.165) is 31.5 Å². The molecular formula is C18H20ClN3O3S. The summed E-state index contributed by atoms with van der Waals surface area (Å²) >= 11 is 5.68. The van der Waals surface area contributed by atoms with E-state index in [1.54, 1.807) is 12.1 Å². The Morgan fingerprint density at radius 2 is 1.81 bits per heavy atom. The van der Waals surface area contributed by atoms with Crippen molar-refractivity contribution in [3.05, 3.63) is 53.3 Å². The molecule has 26 heavy (non-hydrogen) atoms. The van der Waals surface area contributed by atoms with Crippen LogP contribution in [0.5, 0.6) is 0 Å². The average molecular weight is 394 g/mol. The van der Waals surface area contributed by atoms with E-state index in [1.165, 1.54) is 18.3 Å². The van der Waals surface area contributed by atoms with Crippen molar-refractivity contribution in [3.63, 3.8) is 0 Å². The third-order valence-electron chi connectivity index (χ3n) is 4.30. The molecule has 1 amide bonds. The molecule has 0 spiro atoms. The number of anilines is 1. The van der Waals surface area contributed by atoms with Crippen molar-refractivity contribution in [2.24, 2.45) is 0 Å². The van der Waals surface area contributed by atoms with Crippen LogP contribution in [0.1, 0.15) is 24.8 Å². The predicted octanol–water partition coefficient (Wildman–Crippen LogP) is 3.09. The zero-order valence-electron chi connectivity index (χ0n) is 14.2. The number of nitrogens with one attached hydrogen (secondary N) is 1. The zero-order chi connectivity index (χ0) is 18.6. The molecule has 0 unspecified atom stereocenters. The van der Waals surface area contributed by atoms with Crippen LogP contribution in [-0.2, 0) is 21.2 Å². The van der Waals surface area contributed by atoms with E-state index in [2.05, 4.69) is 9.71 Å². The van der Waals surface area contributed by atoms with Crippen molar-refractivity contribution in [3.8, 4) is 0 Å². The second-order valence-electron chi connectivity index (χ2n) is 6.21. The van der Waals surface area contributed by atoms with Crippen molar-refractivity contribution in [2.45, 2.75) is 30.6 Å². The number of rotatable bonds is 6. The molecule has 1 aromatic carbocycles. The molecule has 2 aromatic rings. The Morgan fingerprint density at radius 1 is 1.12 bits per heavy atom. The third-order valence-corrected chi connectivity index (χ3v) is 5.89. The number of likely N-dealkylation sites (tertiary alicyclic amines) is 1. The minimum absolute atomic E-state index is 0.0437. The van der Waals surface area contributed by atoms with Crippen molar-refractivity contribution < 1.29 is 13.2 Å². The summed E-state index contributed by atoms with van der Waals surface area (Å²) in [7, 11) is -3.71. The molecule has 138 valence electrons. The fourth-order valence-corrected chi connectivity index (χ4v) is 3.97. The lowest BCUT2D eigenvalue weighted by molar-refractivity contribution is -0.130. The van der Waals surface area contributed by atoms with Crippen LogP contribution in [0.2, 0.25) is 5.15 Å². The molecule has 1 fully saturated rings. The molecule has 1 aliphatic heterocycles. The predicted molar refractivity (Wildman–Crippen MR) is 101 cm³/mol. The second-order valence-corrected chi connectivity index (χ2v) is 8.28. The lowest BCUT2D eigenvalue weighted by Gasteiger charge is -2.15. The number of hydrogen-bond acceptors (Lipinski definition) is 4. The Morgan fingerprint density at radius 3 is 2.42 bits per heavy atom. The number of amides is 1. The Hall–Kier alpha value is -2.12. The normalized spacial score (nSPS) is 14.4. The van der Waals surface area contributed by atoms with Gasteiger partial charge in [-0.05, 0) is 49.1 Å². The lowest BCUT2D eigenvalue weighted by atomic mass is 10.1. The summed E-state index contributed by atoms with van der Waals surface area (Å²) < 4.78 is 27.1. The summed E-state index contributed by atoms with van der Waals surface area (Å²) in [6.07, 6.45) is 4.50. The van der Waals surface area contributed by atoms with Crippen LogP contribution < -0.4 is 4.72 Å². The van der Waals surface area contributed by atoms with Crippen LogP contribution >= 0.6 is 11.6 Å². The largest absolute Gasteiger partial charge is 0.343 e. The summed E-state index contributed by atoms with van der Waals surface area (Å²) in [5.74, 6) is 0.183. The van der Waals surface area contributed by atoms with Gasteiger partial charge in [0.05, 0.1) is 0 Å². The topological polar surface area (TPSA) is 79.4 Å². The maximum absolute atomic E-state index is 12.3. The summed E-state index contributed by atoms with van der Waals surface area (Å²) in [5, 5.41) is 0.233. The highest BCUT2D eigenvalue weighted by Gasteiger charge is 2.17. The van der Waals surface area contributed by atoms with Crippen LogP contribution in [0.3, 0.4) is 0 Å². The van der Waals surface area contributed by atoms with Crippen LogP contribution in [0.15, 0.2) is 47.5 Å². The van der Waals surface area contributed by atoms with Crippen molar-refractivity contribution in [2.75, 3.05) is 17.8 Å². The standard InChI is InChI=1S/C18H20ClN3O3S/c19-17-9-8-16(13-20-17)26(24,25)21-15-6-3-14(4-7-15)5-10-18(23)22-11-1-2-12-22/h3-4,6-9,13,21H,1-2,5,10-12H2. The van der Waals surface area contributed by atoms with Crippen molar-refractivity contribution >= 4 is 33.2 Å². The highest BCUT2D eigenvalue weighted by molar-refractivity contribution is 7.92. The first-order chi connectivity index (χ1) is 12.4. The number of halogens is 1. The lowest BCUT2D eigenvalue weighted by Crippen LogP contribution is -2.27. The Balaban J connectivity index is 1.58. The number of carbonyl (C=O) groups is 1. The number of aryl methyl sites for hydroxylation is 1. The number of hydrogen-bond donors (Lipinski definition) is 1. The SMILES string of the molecule is O=C(CCc1ccc(NS(=O)(=O)c2ccc(Cl)nc2)cc1)N1CCCC1. The fraction of sp³-hybridized carbons (Fsp3) is 0.333. The molecule has 0 bridgehead atoms. The summed E-state index contributed by atoms with van der Waals surface area (Å²) in [6.45, 7) is 1.72. The van der Waals surface area contributed by atoms with E-state index in [0.29, 0.717) is 18.5 Å². The maximum Gasteiger partial charge on any atom is 0.263 e. The van der Waals surface area contributed by atoms with Crippen LogP contribution in [0.25, 0.3) is 0 Å². The smallest absolute Gasteiger partial charge is 0.263 e. The second kappa shape index (κ2) is 8.05. The van der Waals surface area contributed by atoms with Gasteiger partial charge in [0, 0.05) is 31.4 Å². The van der Waals surface area contributed by atoms with Gasteiger partial charge in [0.15, 0.2) is 0 Å². The first-order valence-electron chi connectivity index (χ1n) is 8.45. The molecule has 8 heteroatoms. The number of benzene rings is 1. The molecule has 3 rings (SSSR count). The molecule has 0 atom stereocenters. The number of aromatic nitrogens is 1. The van der Waals surface area contributed by atoms with Gasteiger partial charge in [0.2, 0.25) is 5.91 Å². The van der Waals surface area contributed by atoms with Crippen molar-refractivity contribution in [1.29, 1.82) is 0 Å². The molecule has 1 saturated heterocycles. The maximum atomic E-state index is 12.3. The molecule has 2 heterocycles. The van der Waals surface area contributed by atoms with Crippen LogP contribution in [-0.4, -0.2) is 37.3 Å². The summed E-state index contributed by atoms with van der Waals surface area (Å²) in [6, 6.07) is 9.87. The van der Waals surface area contributed by atoms with E-state index in [4.69, 9.17) is 11.6 Å². The van der Waals surface area contributed by atoms with Gasteiger partial charge in [-0.3, -0.25) is 9.52 Å². The first kappa shape index (κ1) is 18.7. The number of nitrogens with zero attached hydrogens (tertiary/aromatic N) is 2. The van der Waals surface area contributed by atoms with Gasteiger partial charge in [-0.2, -0.15) is 0 Å². The summed E-state index contributed by atoms with van der Waals surface area (Å²) in [4.78, 5) is 17.8. The minimum Gasteiger partial charge on any atom is -0.343 e. The van der Waals surface area contributed by atoms with Gasteiger partial charge in [-0.1, -0.05) is 23.7 Å². The first-order valence-corrected chi connectivity index (χ1v) is 10.3. The number of pyridine rings is 1.